The molecular formula is C57H82O10Si2. The summed E-state index contributed by atoms with van der Waals surface area (Å²) in [5.41, 5.74) is 2.15. The average molecular weight is 983 g/mol. The third-order valence-electron chi connectivity index (χ3n) is 14.8. The van der Waals surface area contributed by atoms with Crippen molar-refractivity contribution >= 4 is 33.0 Å². The molecule has 0 aliphatic carbocycles. The maximum Gasteiger partial charge on any atom is 0.311 e. The van der Waals surface area contributed by atoms with E-state index in [1.807, 2.05) is 61.5 Å². The number of unbranched alkanes of at least 4 members (excludes halogenated alkanes) is 1. The smallest absolute Gasteiger partial charge is 0.311 e. The van der Waals surface area contributed by atoms with Crippen molar-refractivity contribution in [2.75, 3.05) is 34.0 Å². The first-order valence-electron chi connectivity index (χ1n) is 25.2. The molecule has 4 aromatic carbocycles. The Hall–Kier alpha value is -3.70. The number of hydrogen-bond donors (Lipinski definition) is 0. The zero-order valence-corrected chi connectivity index (χ0v) is 45.7. The first-order valence-corrected chi connectivity index (χ1v) is 30.0. The maximum atomic E-state index is 14.9. The molecule has 2 fully saturated rings. The minimum Gasteiger partial charge on any atom is -0.497 e. The van der Waals surface area contributed by atoms with Crippen LogP contribution in [-0.2, 0) is 55.3 Å². The van der Waals surface area contributed by atoms with Crippen LogP contribution < -0.4 is 15.1 Å². The van der Waals surface area contributed by atoms with Crippen LogP contribution in [0.1, 0.15) is 98.6 Å². The minimum absolute atomic E-state index is 0.0586. The largest absolute Gasteiger partial charge is 0.497 e. The van der Waals surface area contributed by atoms with E-state index in [0.29, 0.717) is 39.3 Å². The van der Waals surface area contributed by atoms with E-state index < -0.39 is 52.8 Å². The van der Waals surface area contributed by atoms with Crippen LogP contribution in [0.4, 0.5) is 0 Å². The highest BCUT2D eigenvalue weighted by Gasteiger charge is 2.59. The van der Waals surface area contributed by atoms with E-state index in [0.717, 1.165) is 46.5 Å². The summed E-state index contributed by atoms with van der Waals surface area (Å²) >= 11 is 0. The normalized spacial score (nSPS) is 23.3. The second-order valence-electron chi connectivity index (χ2n) is 21.7. The van der Waals surface area contributed by atoms with Crippen LogP contribution >= 0.6 is 0 Å². The fraction of sp³-hybridized carbons (Fsp3) is 0.561. The number of carbonyl (C=O) groups is 1. The highest BCUT2D eigenvalue weighted by atomic mass is 28.4. The van der Waals surface area contributed by atoms with Crippen molar-refractivity contribution in [1.82, 2.24) is 0 Å². The van der Waals surface area contributed by atoms with Crippen molar-refractivity contribution in [2.24, 2.45) is 11.8 Å². The molecule has 69 heavy (non-hydrogen) atoms. The molecule has 10 nitrogen and oxygen atoms in total. The van der Waals surface area contributed by atoms with E-state index in [9.17, 15) is 4.79 Å². The van der Waals surface area contributed by atoms with Gasteiger partial charge in [-0.25, -0.2) is 0 Å². The van der Waals surface area contributed by atoms with E-state index in [4.69, 9.17) is 42.0 Å². The lowest BCUT2D eigenvalue weighted by atomic mass is 9.86. The second kappa shape index (κ2) is 24.1. The van der Waals surface area contributed by atoms with Crippen LogP contribution in [0.5, 0.6) is 5.75 Å². The molecule has 12 heteroatoms. The van der Waals surface area contributed by atoms with E-state index in [1.165, 1.54) is 0 Å². The minimum atomic E-state index is -3.02. The van der Waals surface area contributed by atoms with Crippen molar-refractivity contribution in [3.63, 3.8) is 0 Å². The van der Waals surface area contributed by atoms with E-state index in [-0.39, 0.29) is 34.7 Å². The summed E-state index contributed by atoms with van der Waals surface area (Å²) in [6.45, 7) is 24.3. The van der Waals surface area contributed by atoms with Crippen molar-refractivity contribution < 1.29 is 46.8 Å². The molecular weight excluding hydrogens is 901 g/mol. The van der Waals surface area contributed by atoms with Crippen LogP contribution in [0.25, 0.3) is 0 Å². The highest BCUT2D eigenvalue weighted by molar-refractivity contribution is 6.99. The molecule has 0 N–H and O–H groups in total. The molecule has 2 heterocycles. The third-order valence-corrected chi connectivity index (χ3v) is 24.3. The Kier molecular flexibility index (Phi) is 19.1. The van der Waals surface area contributed by atoms with Crippen LogP contribution in [0, 0.1) is 11.8 Å². The summed E-state index contributed by atoms with van der Waals surface area (Å²) in [4.78, 5) is 14.9. The monoisotopic (exact) mass is 983 g/mol. The average Bonchev–Trinajstić information content (AvgIpc) is 3.74. The maximum absolute atomic E-state index is 14.9. The van der Waals surface area contributed by atoms with Gasteiger partial charge in [0.05, 0.1) is 45.6 Å². The second-order valence-corrected chi connectivity index (χ2v) is 30.8. The Labute approximate surface area is 416 Å². The molecule has 2 saturated heterocycles. The van der Waals surface area contributed by atoms with Crippen LogP contribution in [0.3, 0.4) is 0 Å². The summed E-state index contributed by atoms with van der Waals surface area (Å²) in [7, 11) is -1.99. The molecule has 378 valence electrons. The number of ether oxygens (including phenoxy) is 7. The highest BCUT2D eigenvalue weighted by Crippen LogP contribution is 2.45. The molecule has 6 rings (SSSR count). The summed E-state index contributed by atoms with van der Waals surface area (Å²) in [5.74, 6) is -1.22. The number of benzene rings is 4. The van der Waals surface area contributed by atoms with Gasteiger partial charge in [0.25, 0.3) is 8.32 Å². The summed E-state index contributed by atoms with van der Waals surface area (Å²) in [6, 6.07) is 39.3. The molecule has 0 saturated carbocycles. The van der Waals surface area contributed by atoms with Gasteiger partial charge in [-0.3, -0.25) is 4.79 Å². The SMILES string of the molecule is COc1ccc(COCCCC[C@H](O[Si](C)(C)C(C)(C)C)[C@@H](C)C(=O)O[C@@H]2C[C@@H]([C@@]3(OC)OCC[C@@H](C)[C@H]3OCc3ccccc3)O[C@@H]2CO[Si](c2ccccc2)(c2ccccc2)C(C)(C)C)cc1. The quantitative estimate of drug-likeness (QED) is 0.0406. The van der Waals surface area contributed by atoms with Gasteiger partial charge >= 0.3 is 5.97 Å². The van der Waals surface area contributed by atoms with Gasteiger partial charge in [-0.1, -0.05) is 152 Å². The van der Waals surface area contributed by atoms with E-state index >= 15 is 0 Å². The number of methoxy groups -OCH3 is 2. The number of carbonyl (C=O) groups excluding carboxylic acids is 1. The Morgan fingerprint density at radius 1 is 0.783 bits per heavy atom. The van der Waals surface area contributed by atoms with Gasteiger partial charge in [0, 0.05) is 20.1 Å². The summed E-state index contributed by atoms with van der Waals surface area (Å²) in [5, 5.41) is 1.97. The van der Waals surface area contributed by atoms with Crippen molar-refractivity contribution in [2.45, 2.75) is 160 Å². The van der Waals surface area contributed by atoms with Gasteiger partial charge in [-0.05, 0) is 95.3 Å². The summed E-state index contributed by atoms with van der Waals surface area (Å²) < 4.78 is 59.9. The van der Waals surface area contributed by atoms with Crippen molar-refractivity contribution in [3.8, 4) is 5.75 Å². The fourth-order valence-corrected chi connectivity index (χ4v) is 15.7. The predicted molar refractivity (Wildman–Crippen MR) is 279 cm³/mol. The molecule has 0 amide bonds. The van der Waals surface area contributed by atoms with Gasteiger partial charge in [-0.15, -0.1) is 0 Å². The topological polar surface area (TPSA) is 100 Å². The van der Waals surface area contributed by atoms with Crippen molar-refractivity contribution in [3.05, 3.63) is 126 Å². The van der Waals surface area contributed by atoms with Gasteiger partial charge in [0.2, 0.25) is 5.79 Å². The molecule has 0 bridgehead atoms. The molecule has 0 radical (unpaired) electrons. The van der Waals surface area contributed by atoms with Gasteiger partial charge in [-0.2, -0.15) is 0 Å². The lowest BCUT2D eigenvalue weighted by Crippen LogP contribution is -2.67. The van der Waals surface area contributed by atoms with Gasteiger partial charge in [0.1, 0.15) is 30.2 Å². The zero-order valence-electron chi connectivity index (χ0n) is 43.7. The molecule has 4 aromatic rings. The summed E-state index contributed by atoms with van der Waals surface area (Å²) in [6.07, 6.45) is 0.727. The van der Waals surface area contributed by atoms with Crippen LogP contribution in [-0.4, -0.2) is 93.0 Å². The lowest BCUT2D eigenvalue weighted by molar-refractivity contribution is -0.350. The van der Waals surface area contributed by atoms with Crippen LogP contribution in [0.15, 0.2) is 115 Å². The lowest BCUT2D eigenvalue weighted by Gasteiger charge is -2.48. The zero-order chi connectivity index (χ0) is 49.9. The molecule has 2 aliphatic rings. The first-order chi connectivity index (χ1) is 32.8. The Morgan fingerprint density at radius 3 is 1.94 bits per heavy atom. The molecule has 2 aliphatic heterocycles. The molecule has 8 atom stereocenters. The van der Waals surface area contributed by atoms with E-state index in [1.54, 1.807) is 14.2 Å². The number of rotatable bonds is 23. The van der Waals surface area contributed by atoms with Crippen molar-refractivity contribution in [1.29, 1.82) is 0 Å². The molecule has 0 spiro atoms. The standard InChI is InChI=1S/C57H82O10Si2/c1-42-35-37-63-57(60-10,53(42)62-40-44-24-16-13-17-25-44)52-38-50(51(65-52)41-64-69(56(6,7)8,47-26-18-14-19-27-47)48-28-20-15-21-29-48)66-54(58)43(2)49(67-68(11,12)55(3,4)5)30-22-23-36-61-39-45-31-33-46(59-9)34-32-45/h13-21,24-29,31-34,42-43,49-53H,22-23,30,35-41H2,1-12H3/t42-,43-,49+,50-,51-,52+,53-,57-/m1/s1. The van der Waals surface area contributed by atoms with Crippen LogP contribution in [0.2, 0.25) is 23.2 Å². The molecule has 0 unspecified atom stereocenters. The van der Waals surface area contributed by atoms with Gasteiger partial charge < -0.3 is 42.0 Å². The predicted octanol–water partition coefficient (Wildman–Crippen LogP) is 11.0. The molecule has 0 aromatic heterocycles. The van der Waals surface area contributed by atoms with E-state index in [2.05, 4.69) is 122 Å². The Balaban J connectivity index is 1.27. The first kappa shape index (κ1) is 54.6. The number of hydrogen-bond acceptors (Lipinski definition) is 10. The third kappa shape index (κ3) is 13.2. The number of esters is 1. The fourth-order valence-electron chi connectivity index (χ4n) is 9.71. The Bertz CT molecular complexity index is 2100. The Morgan fingerprint density at radius 2 is 1.38 bits per heavy atom. The van der Waals surface area contributed by atoms with Gasteiger partial charge in [0.15, 0.2) is 8.32 Å².